The molecule has 0 aromatic heterocycles. The van der Waals surface area contributed by atoms with E-state index in [-0.39, 0.29) is 17.9 Å². The number of nitrogens with zero attached hydrogens (tertiary/aromatic N) is 1. The van der Waals surface area contributed by atoms with E-state index in [1.54, 1.807) is 16.7 Å². The number of aryl methyl sites for hydroxylation is 2. The highest BCUT2D eigenvalue weighted by atomic mass is 32.2. The molecule has 0 saturated carbocycles. The van der Waals surface area contributed by atoms with Gasteiger partial charge in [-0.25, -0.2) is 0 Å². The van der Waals surface area contributed by atoms with Gasteiger partial charge in [0.1, 0.15) is 6.04 Å². The van der Waals surface area contributed by atoms with Crippen LogP contribution in [0.5, 0.6) is 0 Å². The quantitative estimate of drug-likeness (QED) is 0.537. The lowest BCUT2D eigenvalue weighted by atomic mass is 10.1. The fraction of sp³-hybridized carbons (Fsp3) is 0.440. The molecule has 1 atom stereocenters. The molecule has 4 nitrogen and oxygen atoms in total. The molecule has 0 unspecified atom stereocenters. The molecule has 0 bridgehead atoms. The second-order valence-corrected chi connectivity index (χ2v) is 9.17. The molecule has 2 aromatic carbocycles. The first-order chi connectivity index (χ1) is 14.3. The van der Waals surface area contributed by atoms with E-state index in [1.165, 1.54) is 11.1 Å². The minimum Gasteiger partial charge on any atom is -0.352 e. The van der Waals surface area contributed by atoms with Crippen molar-refractivity contribution in [1.29, 1.82) is 0 Å². The molecule has 0 aliphatic carbocycles. The van der Waals surface area contributed by atoms with E-state index in [2.05, 4.69) is 36.5 Å². The number of carbonyl (C=O) groups excluding carboxylic acids is 2. The molecular weight excluding hydrogens is 392 g/mol. The first-order valence-electron chi connectivity index (χ1n) is 10.6. The van der Waals surface area contributed by atoms with E-state index in [9.17, 15) is 9.59 Å². The highest BCUT2D eigenvalue weighted by Crippen LogP contribution is 2.21. The first kappa shape index (κ1) is 24.0. The lowest BCUT2D eigenvalue weighted by molar-refractivity contribution is -0.141. The van der Waals surface area contributed by atoms with E-state index < -0.39 is 6.04 Å². The highest BCUT2D eigenvalue weighted by Gasteiger charge is 2.28. The maximum atomic E-state index is 13.2. The molecule has 30 heavy (non-hydrogen) atoms. The number of carbonyl (C=O) groups is 2. The third kappa shape index (κ3) is 7.52. The Kier molecular flexibility index (Phi) is 9.44. The SMILES string of the molecule is CC[C@H](C(=O)NC(C)C)N(Cc1ccc(C)cc1)C(=O)CCSc1ccc(C)cc1. The zero-order valence-electron chi connectivity index (χ0n) is 18.8. The van der Waals surface area contributed by atoms with Crippen LogP contribution < -0.4 is 5.32 Å². The van der Waals surface area contributed by atoms with Crippen LogP contribution in [0, 0.1) is 13.8 Å². The largest absolute Gasteiger partial charge is 0.352 e. The number of rotatable bonds is 10. The van der Waals surface area contributed by atoms with E-state index in [4.69, 9.17) is 0 Å². The van der Waals surface area contributed by atoms with Crippen LogP contribution in [0.1, 0.15) is 50.3 Å². The molecule has 0 fully saturated rings. The number of benzene rings is 2. The van der Waals surface area contributed by atoms with Crippen molar-refractivity contribution in [1.82, 2.24) is 10.2 Å². The minimum atomic E-state index is -0.467. The Balaban J connectivity index is 2.11. The molecule has 5 heteroatoms. The maximum absolute atomic E-state index is 13.2. The number of amides is 2. The van der Waals surface area contributed by atoms with E-state index in [0.29, 0.717) is 25.1 Å². The van der Waals surface area contributed by atoms with Crippen molar-refractivity contribution in [2.45, 2.75) is 71.0 Å². The summed E-state index contributed by atoms with van der Waals surface area (Å²) in [5.74, 6) is 0.620. The lowest BCUT2D eigenvalue weighted by Gasteiger charge is -2.31. The Bertz CT molecular complexity index is 816. The van der Waals surface area contributed by atoms with Gasteiger partial charge in [-0.2, -0.15) is 0 Å². The van der Waals surface area contributed by atoms with Crippen LogP contribution >= 0.6 is 11.8 Å². The third-order valence-electron chi connectivity index (χ3n) is 4.90. The molecule has 2 amide bonds. The topological polar surface area (TPSA) is 49.4 Å². The molecule has 1 N–H and O–H groups in total. The van der Waals surface area contributed by atoms with Crippen molar-refractivity contribution in [2.75, 3.05) is 5.75 Å². The molecular formula is C25H34N2O2S. The second-order valence-electron chi connectivity index (χ2n) is 8.01. The second kappa shape index (κ2) is 11.8. The van der Waals surface area contributed by atoms with Crippen LogP contribution in [0.3, 0.4) is 0 Å². The number of hydrogen-bond donors (Lipinski definition) is 1. The Morgan fingerprint density at radius 1 is 0.967 bits per heavy atom. The summed E-state index contributed by atoms with van der Waals surface area (Å²) in [5, 5.41) is 2.97. The maximum Gasteiger partial charge on any atom is 0.243 e. The predicted octanol–water partition coefficient (Wildman–Crippen LogP) is 5.12. The molecule has 162 valence electrons. The van der Waals surface area contributed by atoms with Crippen molar-refractivity contribution >= 4 is 23.6 Å². The first-order valence-corrected chi connectivity index (χ1v) is 11.6. The van der Waals surface area contributed by atoms with Crippen LogP contribution in [0.4, 0.5) is 0 Å². The number of thioether (sulfide) groups is 1. The van der Waals surface area contributed by atoms with Gasteiger partial charge in [-0.3, -0.25) is 9.59 Å². The summed E-state index contributed by atoms with van der Waals surface area (Å²) < 4.78 is 0. The molecule has 2 rings (SSSR count). The third-order valence-corrected chi connectivity index (χ3v) is 5.91. The summed E-state index contributed by atoms with van der Waals surface area (Å²) >= 11 is 1.67. The number of nitrogens with one attached hydrogen (secondary N) is 1. The van der Waals surface area contributed by atoms with E-state index >= 15 is 0 Å². The smallest absolute Gasteiger partial charge is 0.243 e. The minimum absolute atomic E-state index is 0.0148. The van der Waals surface area contributed by atoms with E-state index in [1.807, 2.05) is 52.0 Å². The Labute approximate surface area is 185 Å². The van der Waals surface area contributed by atoms with Crippen LogP contribution in [0.25, 0.3) is 0 Å². The molecule has 0 heterocycles. The highest BCUT2D eigenvalue weighted by molar-refractivity contribution is 7.99. The van der Waals surface area contributed by atoms with Gasteiger partial charge in [0.2, 0.25) is 11.8 Å². The van der Waals surface area contributed by atoms with Crippen molar-refractivity contribution in [3.05, 3.63) is 65.2 Å². The number of hydrogen-bond acceptors (Lipinski definition) is 3. The van der Waals surface area contributed by atoms with Gasteiger partial charge in [-0.15, -0.1) is 11.8 Å². The average Bonchev–Trinajstić information content (AvgIpc) is 2.70. The van der Waals surface area contributed by atoms with E-state index in [0.717, 1.165) is 10.5 Å². The standard InChI is InChI=1S/C25H34N2O2S/c1-6-23(25(29)26-18(2)3)27(17-21-11-7-19(4)8-12-21)24(28)15-16-30-22-13-9-20(5)10-14-22/h7-14,18,23H,6,15-17H2,1-5H3,(H,26,29)/t23-/m1/s1. The monoisotopic (exact) mass is 426 g/mol. The zero-order valence-corrected chi connectivity index (χ0v) is 19.6. The van der Waals surface area contributed by atoms with Gasteiger partial charge in [-0.05, 0) is 51.8 Å². The van der Waals surface area contributed by atoms with Gasteiger partial charge in [0.15, 0.2) is 0 Å². The summed E-state index contributed by atoms with van der Waals surface area (Å²) in [6.07, 6.45) is 0.983. The summed E-state index contributed by atoms with van der Waals surface area (Å²) in [5.41, 5.74) is 3.44. The zero-order chi connectivity index (χ0) is 22.1. The fourth-order valence-corrected chi connectivity index (χ4v) is 4.07. The molecule has 0 spiro atoms. The Morgan fingerprint density at radius 3 is 2.07 bits per heavy atom. The summed E-state index contributed by atoms with van der Waals surface area (Å²) in [4.78, 5) is 28.9. The van der Waals surface area contributed by atoms with Crippen LogP contribution in [0.15, 0.2) is 53.4 Å². The summed E-state index contributed by atoms with van der Waals surface area (Å²) in [7, 11) is 0. The summed E-state index contributed by atoms with van der Waals surface area (Å²) in [6, 6.07) is 16.0. The van der Waals surface area contributed by atoms with Crippen LogP contribution in [-0.2, 0) is 16.1 Å². The van der Waals surface area contributed by atoms with Crippen LogP contribution in [0.2, 0.25) is 0 Å². The van der Waals surface area contributed by atoms with Gasteiger partial charge in [-0.1, -0.05) is 54.4 Å². The Hall–Kier alpha value is -2.27. The molecule has 0 saturated heterocycles. The van der Waals surface area contributed by atoms with Crippen molar-refractivity contribution in [3.63, 3.8) is 0 Å². The van der Waals surface area contributed by atoms with Gasteiger partial charge in [0.05, 0.1) is 0 Å². The molecule has 0 aliphatic heterocycles. The average molecular weight is 427 g/mol. The molecule has 0 aliphatic rings. The fourth-order valence-electron chi connectivity index (χ4n) is 3.22. The van der Waals surface area contributed by atoms with Crippen LogP contribution in [-0.4, -0.2) is 34.6 Å². The predicted molar refractivity (Wildman–Crippen MR) is 126 cm³/mol. The summed E-state index contributed by atoms with van der Waals surface area (Å²) in [6.45, 7) is 10.4. The van der Waals surface area contributed by atoms with Crippen molar-refractivity contribution in [3.8, 4) is 0 Å². The molecule has 0 radical (unpaired) electrons. The molecule has 2 aromatic rings. The van der Waals surface area contributed by atoms with Gasteiger partial charge >= 0.3 is 0 Å². The van der Waals surface area contributed by atoms with Gasteiger partial charge < -0.3 is 10.2 Å². The Morgan fingerprint density at radius 2 is 1.53 bits per heavy atom. The van der Waals surface area contributed by atoms with Crippen molar-refractivity contribution in [2.24, 2.45) is 0 Å². The normalized spacial score (nSPS) is 11.9. The van der Waals surface area contributed by atoms with Crippen molar-refractivity contribution < 1.29 is 9.59 Å². The lowest BCUT2D eigenvalue weighted by Crippen LogP contribution is -2.50. The van der Waals surface area contributed by atoms with Gasteiger partial charge in [0, 0.05) is 29.7 Å². The van der Waals surface area contributed by atoms with Gasteiger partial charge in [0.25, 0.3) is 0 Å².